The van der Waals surface area contributed by atoms with Crippen LogP contribution in [0.15, 0.2) is 47.9 Å². The summed E-state index contributed by atoms with van der Waals surface area (Å²) < 4.78 is 23.2. The number of halogens is 2. The Morgan fingerprint density at radius 2 is 2.02 bits per heavy atom. The Balaban J connectivity index is 1.71. The van der Waals surface area contributed by atoms with Gasteiger partial charge in [-0.25, -0.2) is 9.18 Å². The number of piperazine rings is 1. The van der Waals surface area contributed by atoms with E-state index in [4.69, 9.17) is 16.3 Å². The molecule has 222 valence electrons. The quantitative estimate of drug-likeness (QED) is 0.308. The van der Waals surface area contributed by atoms with Gasteiger partial charge in [0.05, 0.1) is 16.4 Å². The predicted molar refractivity (Wildman–Crippen MR) is 164 cm³/mol. The predicted octanol–water partition coefficient (Wildman–Crippen LogP) is 5.49. The van der Waals surface area contributed by atoms with Crippen LogP contribution < -0.4 is 15.3 Å². The molecule has 0 aliphatic carbocycles. The van der Waals surface area contributed by atoms with E-state index in [0.29, 0.717) is 47.7 Å². The minimum absolute atomic E-state index is 0.0359. The lowest BCUT2D eigenvalue weighted by Crippen LogP contribution is -2.54. The standard InChI is InChI=1S/C32H31ClFN5O4/c1-6-24(41)37-11-12-38(18(5)14-37)31-19-13-21(33)26-25-20(23(40)8-7-22(25)34)15-43-30(26)29(19)39(32(42)36-31)28-17(4)9-10-35-27(28)16(2)3/h6-10,13,16,18,40H,1,11-12,14-15H2,2-5H3/t18-/m0/s1. The first-order chi connectivity index (χ1) is 20.5. The molecule has 1 amide bonds. The van der Waals surface area contributed by atoms with E-state index in [1.807, 2.05) is 38.7 Å². The number of hydrogen-bond donors (Lipinski definition) is 1. The average molecular weight is 604 g/mol. The van der Waals surface area contributed by atoms with Crippen LogP contribution in [-0.4, -0.2) is 56.1 Å². The third-order valence-electron chi connectivity index (χ3n) is 8.22. The van der Waals surface area contributed by atoms with Crippen LogP contribution in [0.5, 0.6) is 11.5 Å². The number of amides is 1. The number of hydrogen-bond acceptors (Lipinski definition) is 7. The Morgan fingerprint density at radius 3 is 2.72 bits per heavy atom. The molecule has 0 bridgehead atoms. The first-order valence-electron chi connectivity index (χ1n) is 14.1. The molecular weight excluding hydrogens is 573 g/mol. The fourth-order valence-corrected chi connectivity index (χ4v) is 6.45. The number of nitrogens with zero attached hydrogens (tertiary/aromatic N) is 5. The van der Waals surface area contributed by atoms with Crippen molar-refractivity contribution in [1.29, 1.82) is 0 Å². The highest BCUT2D eigenvalue weighted by atomic mass is 35.5. The van der Waals surface area contributed by atoms with Gasteiger partial charge in [-0.3, -0.25) is 14.3 Å². The van der Waals surface area contributed by atoms with Crippen LogP contribution in [0.3, 0.4) is 0 Å². The van der Waals surface area contributed by atoms with E-state index in [0.717, 1.165) is 5.56 Å². The normalized spacial score (nSPS) is 16.2. The van der Waals surface area contributed by atoms with Crippen molar-refractivity contribution in [3.8, 4) is 28.3 Å². The lowest BCUT2D eigenvalue weighted by atomic mass is 9.93. The second-order valence-corrected chi connectivity index (χ2v) is 11.7. The molecule has 4 heterocycles. The Morgan fingerprint density at radius 1 is 1.26 bits per heavy atom. The zero-order valence-electron chi connectivity index (χ0n) is 24.3. The second kappa shape index (κ2) is 10.7. The van der Waals surface area contributed by atoms with Crippen LogP contribution in [0.25, 0.3) is 27.7 Å². The zero-order chi connectivity index (χ0) is 30.7. The number of ether oxygens (including phenoxy) is 1. The van der Waals surface area contributed by atoms with Gasteiger partial charge >= 0.3 is 5.69 Å². The fourth-order valence-electron chi connectivity index (χ4n) is 6.16. The minimum atomic E-state index is -0.571. The third kappa shape index (κ3) is 4.52. The first-order valence-corrected chi connectivity index (χ1v) is 14.5. The molecule has 2 aliphatic rings. The van der Waals surface area contributed by atoms with E-state index in [1.54, 1.807) is 17.2 Å². The van der Waals surface area contributed by atoms with E-state index in [9.17, 15) is 14.7 Å². The van der Waals surface area contributed by atoms with Gasteiger partial charge < -0.3 is 19.6 Å². The third-order valence-corrected chi connectivity index (χ3v) is 8.52. The molecule has 0 radical (unpaired) electrons. The smallest absolute Gasteiger partial charge is 0.354 e. The molecule has 1 fully saturated rings. The summed E-state index contributed by atoms with van der Waals surface area (Å²) in [6.07, 6.45) is 2.99. The lowest BCUT2D eigenvalue weighted by molar-refractivity contribution is -0.126. The number of pyridine rings is 1. The number of fused-ring (bicyclic) bond motifs is 5. The average Bonchev–Trinajstić information content (AvgIpc) is 2.98. The van der Waals surface area contributed by atoms with E-state index < -0.39 is 11.5 Å². The van der Waals surface area contributed by atoms with Gasteiger partial charge in [-0.2, -0.15) is 4.98 Å². The number of aryl methyl sites for hydroxylation is 1. The van der Waals surface area contributed by atoms with Gasteiger partial charge in [0.1, 0.15) is 29.5 Å². The highest BCUT2D eigenvalue weighted by Gasteiger charge is 2.34. The highest BCUT2D eigenvalue weighted by molar-refractivity contribution is 6.35. The SMILES string of the molecule is C=CC(=O)N1CCN(c2nc(=O)n(-c3c(C)ccnc3C(C)C)c3c4c(c(Cl)cc23)-c2c(F)ccc(O)c2CO4)[C@@H](C)C1. The Labute approximate surface area is 252 Å². The lowest BCUT2D eigenvalue weighted by Gasteiger charge is -2.40. The van der Waals surface area contributed by atoms with Gasteiger partial charge in [-0.15, -0.1) is 0 Å². The molecule has 4 aromatic rings. The van der Waals surface area contributed by atoms with Crippen molar-refractivity contribution in [2.24, 2.45) is 0 Å². The monoisotopic (exact) mass is 603 g/mol. The molecule has 1 atom stereocenters. The van der Waals surface area contributed by atoms with Crippen molar-refractivity contribution in [2.45, 2.75) is 46.3 Å². The summed E-state index contributed by atoms with van der Waals surface area (Å²) >= 11 is 6.92. The number of benzene rings is 2. The van der Waals surface area contributed by atoms with Crippen LogP contribution in [0.1, 0.15) is 43.5 Å². The molecule has 0 spiro atoms. The van der Waals surface area contributed by atoms with Crippen molar-refractivity contribution in [3.63, 3.8) is 0 Å². The van der Waals surface area contributed by atoms with Crippen LogP contribution >= 0.6 is 11.6 Å². The summed E-state index contributed by atoms with van der Waals surface area (Å²) in [5.41, 5.74) is 2.51. The van der Waals surface area contributed by atoms with Crippen molar-refractivity contribution in [2.75, 3.05) is 24.5 Å². The molecule has 0 saturated carbocycles. The van der Waals surface area contributed by atoms with Gasteiger partial charge in [0, 0.05) is 53.9 Å². The molecule has 11 heteroatoms. The number of aromatic nitrogens is 3. The Hall–Kier alpha value is -4.44. The molecule has 2 aliphatic heterocycles. The highest BCUT2D eigenvalue weighted by Crippen LogP contribution is 2.50. The maximum absolute atomic E-state index is 15.4. The van der Waals surface area contributed by atoms with Gasteiger partial charge in [0.2, 0.25) is 5.91 Å². The number of rotatable bonds is 4. The van der Waals surface area contributed by atoms with Crippen LogP contribution in [0.4, 0.5) is 10.2 Å². The summed E-state index contributed by atoms with van der Waals surface area (Å²) in [5, 5.41) is 11.2. The van der Waals surface area contributed by atoms with Crippen LogP contribution in [0.2, 0.25) is 5.02 Å². The zero-order valence-corrected chi connectivity index (χ0v) is 25.1. The first kappa shape index (κ1) is 28.7. The van der Waals surface area contributed by atoms with Gasteiger partial charge in [-0.1, -0.05) is 32.0 Å². The number of carbonyl (C=O) groups excluding carboxylic acids is 1. The van der Waals surface area contributed by atoms with E-state index in [2.05, 4.69) is 16.5 Å². The molecule has 2 aromatic carbocycles. The molecule has 0 unspecified atom stereocenters. The molecule has 2 aromatic heterocycles. The van der Waals surface area contributed by atoms with Crippen molar-refractivity contribution < 1.29 is 19.0 Å². The summed E-state index contributed by atoms with van der Waals surface area (Å²) in [7, 11) is 0. The number of phenols is 1. The summed E-state index contributed by atoms with van der Waals surface area (Å²) in [6.45, 7) is 12.5. The van der Waals surface area contributed by atoms with Crippen molar-refractivity contribution in [1.82, 2.24) is 19.4 Å². The molecule has 43 heavy (non-hydrogen) atoms. The van der Waals surface area contributed by atoms with Crippen molar-refractivity contribution >= 4 is 34.2 Å². The topological polar surface area (TPSA) is 101 Å². The molecule has 1 saturated heterocycles. The Bertz CT molecular complexity index is 1890. The summed E-state index contributed by atoms with van der Waals surface area (Å²) in [5.74, 6) is -0.284. The van der Waals surface area contributed by atoms with Gasteiger partial charge in [-0.05, 0) is 55.7 Å². The van der Waals surface area contributed by atoms with Gasteiger partial charge in [0.15, 0.2) is 5.75 Å². The van der Waals surface area contributed by atoms with E-state index >= 15 is 4.39 Å². The number of carbonyl (C=O) groups is 1. The number of anilines is 1. The van der Waals surface area contributed by atoms with Crippen LogP contribution in [0, 0.1) is 12.7 Å². The molecular formula is C32H31ClFN5O4. The maximum Gasteiger partial charge on any atom is 0.354 e. The fraction of sp³-hybridized carbons (Fsp3) is 0.312. The van der Waals surface area contributed by atoms with E-state index in [1.165, 1.54) is 22.8 Å². The van der Waals surface area contributed by atoms with E-state index in [-0.39, 0.29) is 57.7 Å². The van der Waals surface area contributed by atoms with Gasteiger partial charge in [0.25, 0.3) is 0 Å². The minimum Gasteiger partial charge on any atom is -0.508 e. The molecule has 9 nitrogen and oxygen atoms in total. The van der Waals surface area contributed by atoms with Crippen LogP contribution in [-0.2, 0) is 11.4 Å². The second-order valence-electron chi connectivity index (χ2n) is 11.3. The molecule has 1 N–H and O–H groups in total. The Kier molecular flexibility index (Phi) is 7.12. The molecule has 6 rings (SSSR count). The number of phenolic OH excluding ortho intramolecular Hbond substituents is 1. The van der Waals surface area contributed by atoms with Crippen molar-refractivity contribution in [3.05, 3.63) is 81.3 Å². The summed E-state index contributed by atoms with van der Waals surface area (Å²) in [6, 6.07) is 5.76. The largest absolute Gasteiger partial charge is 0.508 e. The maximum atomic E-state index is 15.4. The number of aromatic hydroxyl groups is 1. The summed E-state index contributed by atoms with van der Waals surface area (Å²) in [4.78, 5) is 39.4.